The normalized spacial score (nSPS) is 12.5. The van der Waals surface area contributed by atoms with Gasteiger partial charge in [-0.05, 0) is 32.3 Å². The zero-order valence-corrected chi connectivity index (χ0v) is 11.4. The molecule has 96 valence electrons. The SMILES string of the molecule is CCc1cc(C(=O)NC(C)CCCCl)n(C)n1. The molecule has 0 saturated heterocycles. The van der Waals surface area contributed by atoms with E-state index in [1.54, 1.807) is 11.7 Å². The molecule has 1 unspecified atom stereocenters. The molecule has 0 aromatic carbocycles. The summed E-state index contributed by atoms with van der Waals surface area (Å²) in [6.07, 6.45) is 2.64. The topological polar surface area (TPSA) is 46.9 Å². The van der Waals surface area contributed by atoms with E-state index >= 15 is 0 Å². The van der Waals surface area contributed by atoms with Crippen molar-refractivity contribution >= 4 is 17.5 Å². The highest BCUT2D eigenvalue weighted by molar-refractivity contribution is 6.17. The highest BCUT2D eigenvalue weighted by Gasteiger charge is 2.14. The zero-order valence-electron chi connectivity index (χ0n) is 10.7. The van der Waals surface area contributed by atoms with Crippen molar-refractivity contribution in [2.75, 3.05) is 5.88 Å². The fourth-order valence-corrected chi connectivity index (χ4v) is 1.82. The van der Waals surface area contributed by atoms with E-state index in [2.05, 4.69) is 10.4 Å². The monoisotopic (exact) mass is 257 g/mol. The first-order valence-corrected chi connectivity index (χ1v) is 6.51. The first-order chi connectivity index (χ1) is 8.08. The molecule has 1 N–H and O–H groups in total. The number of hydrogen-bond donors (Lipinski definition) is 1. The number of carbonyl (C=O) groups is 1. The van der Waals surface area contributed by atoms with Crippen molar-refractivity contribution in [1.82, 2.24) is 15.1 Å². The van der Waals surface area contributed by atoms with Gasteiger partial charge in [-0.2, -0.15) is 5.10 Å². The summed E-state index contributed by atoms with van der Waals surface area (Å²) in [4.78, 5) is 12.0. The van der Waals surface area contributed by atoms with Crippen molar-refractivity contribution in [3.05, 3.63) is 17.5 Å². The number of nitrogens with zero attached hydrogens (tertiary/aromatic N) is 2. The molecular formula is C12H20ClN3O. The van der Waals surface area contributed by atoms with Crippen LogP contribution in [-0.4, -0.2) is 27.6 Å². The summed E-state index contributed by atoms with van der Waals surface area (Å²) in [7, 11) is 1.79. The molecule has 0 spiro atoms. The van der Waals surface area contributed by atoms with Crippen LogP contribution in [-0.2, 0) is 13.5 Å². The van der Waals surface area contributed by atoms with E-state index in [0.29, 0.717) is 11.6 Å². The third kappa shape index (κ3) is 4.04. The molecular weight excluding hydrogens is 238 g/mol. The number of hydrogen-bond acceptors (Lipinski definition) is 2. The van der Waals surface area contributed by atoms with E-state index in [0.717, 1.165) is 25.0 Å². The second-order valence-electron chi connectivity index (χ2n) is 4.20. The van der Waals surface area contributed by atoms with Crippen molar-refractivity contribution in [3.63, 3.8) is 0 Å². The van der Waals surface area contributed by atoms with Crippen LogP contribution in [0.2, 0.25) is 0 Å². The number of amides is 1. The molecule has 0 aliphatic rings. The fourth-order valence-electron chi connectivity index (χ4n) is 1.67. The quantitative estimate of drug-likeness (QED) is 0.794. The van der Waals surface area contributed by atoms with Gasteiger partial charge in [0.1, 0.15) is 5.69 Å². The largest absolute Gasteiger partial charge is 0.348 e. The number of aryl methyl sites for hydroxylation is 2. The van der Waals surface area contributed by atoms with Crippen LogP contribution >= 0.6 is 11.6 Å². The van der Waals surface area contributed by atoms with Gasteiger partial charge >= 0.3 is 0 Å². The van der Waals surface area contributed by atoms with Crippen LogP contribution in [0, 0.1) is 0 Å². The Balaban J connectivity index is 2.59. The zero-order chi connectivity index (χ0) is 12.8. The molecule has 1 rings (SSSR count). The molecule has 0 radical (unpaired) electrons. The summed E-state index contributed by atoms with van der Waals surface area (Å²) >= 11 is 5.62. The lowest BCUT2D eigenvalue weighted by molar-refractivity contribution is 0.0929. The van der Waals surface area contributed by atoms with Crippen molar-refractivity contribution in [2.24, 2.45) is 7.05 Å². The predicted octanol–water partition coefficient (Wildman–Crippen LogP) is 2.12. The number of carbonyl (C=O) groups excluding carboxylic acids is 1. The third-order valence-electron chi connectivity index (χ3n) is 2.67. The minimum absolute atomic E-state index is 0.0678. The molecule has 1 atom stereocenters. The van der Waals surface area contributed by atoms with Gasteiger partial charge in [0, 0.05) is 19.0 Å². The maximum Gasteiger partial charge on any atom is 0.269 e. The molecule has 1 heterocycles. The van der Waals surface area contributed by atoms with Crippen LogP contribution in [0.3, 0.4) is 0 Å². The summed E-state index contributed by atoms with van der Waals surface area (Å²) in [5, 5.41) is 7.21. The molecule has 1 aromatic rings. The van der Waals surface area contributed by atoms with Crippen LogP contribution in [0.25, 0.3) is 0 Å². The van der Waals surface area contributed by atoms with Crippen LogP contribution in [0.5, 0.6) is 0 Å². The van der Waals surface area contributed by atoms with Crippen molar-refractivity contribution < 1.29 is 4.79 Å². The van der Waals surface area contributed by atoms with Crippen molar-refractivity contribution in [1.29, 1.82) is 0 Å². The summed E-state index contributed by atoms with van der Waals surface area (Å²) in [6, 6.07) is 1.98. The predicted molar refractivity (Wildman–Crippen MR) is 69.5 cm³/mol. The van der Waals surface area contributed by atoms with Gasteiger partial charge in [-0.25, -0.2) is 0 Å². The number of nitrogens with one attached hydrogen (secondary N) is 1. The van der Waals surface area contributed by atoms with Crippen LogP contribution in [0.4, 0.5) is 0 Å². The van der Waals surface area contributed by atoms with E-state index < -0.39 is 0 Å². The summed E-state index contributed by atoms with van der Waals surface area (Å²) in [6.45, 7) is 4.01. The van der Waals surface area contributed by atoms with Gasteiger partial charge in [0.15, 0.2) is 0 Å². The first kappa shape index (κ1) is 14.0. The average molecular weight is 258 g/mol. The van der Waals surface area contributed by atoms with Gasteiger partial charge in [-0.1, -0.05) is 6.92 Å². The van der Waals surface area contributed by atoms with Gasteiger partial charge in [-0.3, -0.25) is 9.48 Å². The molecule has 1 amide bonds. The van der Waals surface area contributed by atoms with Gasteiger partial charge in [0.05, 0.1) is 5.69 Å². The van der Waals surface area contributed by atoms with Gasteiger partial charge < -0.3 is 5.32 Å². The van der Waals surface area contributed by atoms with E-state index in [-0.39, 0.29) is 11.9 Å². The summed E-state index contributed by atoms with van der Waals surface area (Å²) in [5.74, 6) is 0.563. The van der Waals surface area contributed by atoms with E-state index in [1.165, 1.54) is 0 Å². The molecule has 0 fully saturated rings. The van der Waals surface area contributed by atoms with Gasteiger partial charge in [0.2, 0.25) is 0 Å². The highest BCUT2D eigenvalue weighted by Crippen LogP contribution is 2.05. The number of aromatic nitrogens is 2. The number of halogens is 1. The van der Waals surface area contributed by atoms with Gasteiger partial charge in [0.25, 0.3) is 5.91 Å². The van der Waals surface area contributed by atoms with Crippen LogP contribution in [0.1, 0.15) is 42.9 Å². The Hall–Kier alpha value is -1.03. The molecule has 0 aliphatic heterocycles. The Morgan fingerprint density at radius 2 is 2.35 bits per heavy atom. The smallest absolute Gasteiger partial charge is 0.269 e. The minimum atomic E-state index is -0.0678. The molecule has 0 saturated carbocycles. The Labute approximate surface area is 107 Å². The molecule has 17 heavy (non-hydrogen) atoms. The Morgan fingerprint density at radius 1 is 1.65 bits per heavy atom. The van der Waals surface area contributed by atoms with E-state index in [4.69, 9.17) is 11.6 Å². The molecule has 0 bridgehead atoms. The molecule has 1 aromatic heterocycles. The lowest BCUT2D eigenvalue weighted by Crippen LogP contribution is -2.33. The lowest BCUT2D eigenvalue weighted by atomic mass is 10.2. The summed E-state index contributed by atoms with van der Waals surface area (Å²) < 4.78 is 1.63. The Bertz CT molecular complexity index is 376. The number of alkyl halides is 1. The fraction of sp³-hybridized carbons (Fsp3) is 0.667. The second-order valence-corrected chi connectivity index (χ2v) is 4.58. The highest BCUT2D eigenvalue weighted by atomic mass is 35.5. The first-order valence-electron chi connectivity index (χ1n) is 5.98. The standard InChI is InChI=1S/C12H20ClN3O/c1-4-10-8-11(16(3)15-10)12(17)14-9(2)6-5-7-13/h8-9H,4-7H2,1-3H3,(H,14,17). The Morgan fingerprint density at radius 3 is 2.88 bits per heavy atom. The summed E-state index contributed by atoms with van der Waals surface area (Å²) in [5.41, 5.74) is 1.55. The van der Waals surface area contributed by atoms with Crippen molar-refractivity contribution in [3.8, 4) is 0 Å². The second kappa shape index (κ2) is 6.64. The maximum absolute atomic E-state index is 12.0. The van der Waals surface area contributed by atoms with Crippen LogP contribution < -0.4 is 5.32 Å². The van der Waals surface area contributed by atoms with E-state index in [1.807, 2.05) is 19.9 Å². The average Bonchev–Trinajstić information content (AvgIpc) is 2.68. The molecule has 0 aliphatic carbocycles. The molecule has 5 heteroatoms. The maximum atomic E-state index is 12.0. The minimum Gasteiger partial charge on any atom is -0.348 e. The van der Waals surface area contributed by atoms with Crippen molar-refractivity contribution in [2.45, 2.75) is 39.2 Å². The van der Waals surface area contributed by atoms with Gasteiger partial charge in [-0.15, -0.1) is 11.6 Å². The van der Waals surface area contributed by atoms with Crippen LogP contribution in [0.15, 0.2) is 6.07 Å². The third-order valence-corrected chi connectivity index (χ3v) is 2.94. The van der Waals surface area contributed by atoms with E-state index in [9.17, 15) is 4.79 Å². The number of rotatable bonds is 6. The Kier molecular flexibility index (Phi) is 5.48. The lowest BCUT2D eigenvalue weighted by Gasteiger charge is -2.12. The molecule has 4 nitrogen and oxygen atoms in total.